The first-order valence-corrected chi connectivity index (χ1v) is 8.20. The number of rotatable bonds is 5. The number of hydrogen-bond acceptors (Lipinski definition) is 4. The molecule has 1 aromatic carbocycles. The van der Waals surface area contributed by atoms with E-state index in [4.69, 9.17) is 0 Å². The number of anilines is 1. The summed E-state index contributed by atoms with van der Waals surface area (Å²) in [5.41, 5.74) is 0.863. The van der Waals surface area contributed by atoms with Crippen LogP contribution in [0.3, 0.4) is 0 Å². The fraction of sp³-hybridized carbons (Fsp3) is 0.222. The van der Waals surface area contributed by atoms with Crippen molar-refractivity contribution in [3.63, 3.8) is 0 Å². The van der Waals surface area contributed by atoms with E-state index in [9.17, 15) is 19.1 Å². The van der Waals surface area contributed by atoms with E-state index in [1.165, 1.54) is 46.9 Å². The summed E-state index contributed by atoms with van der Waals surface area (Å²) in [6, 6.07) is 7.34. The molecule has 0 radical (unpaired) electrons. The standard InChI is InChI=1S/C18H18FN5O3/c1-10(2)14-8-15(24(21-14)12-6-4-11(19)5-7-12)20-17(25)16-13(18(26)27)9-23(3)22-16/h4-10H,1-3H3,(H,20,25)(H,26,27). The van der Waals surface area contributed by atoms with Gasteiger partial charge in [-0.3, -0.25) is 9.48 Å². The molecule has 0 spiro atoms. The molecule has 3 aromatic rings. The van der Waals surface area contributed by atoms with Crippen LogP contribution in [0.2, 0.25) is 0 Å². The zero-order valence-electron chi connectivity index (χ0n) is 15.0. The molecule has 0 saturated heterocycles. The van der Waals surface area contributed by atoms with Gasteiger partial charge in [-0.1, -0.05) is 13.8 Å². The van der Waals surface area contributed by atoms with Gasteiger partial charge in [-0.2, -0.15) is 10.2 Å². The van der Waals surface area contributed by atoms with Crippen LogP contribution in [0.1, 0.15) is 46.3 Å². The molecule has 140 valence electrons. The third-order valence-electron chi connectivity index (χ3n) is 3.91. The predicted molar refractivity (Wildman–Crippen MR) is 95.7 cm³/mol. The first-order chi connectivity index (χ1) is 12.8. The third kappa shape index (κ3) is 3.71. The monoisotopic (exact) mass is 371 g/mol. The Morgan fingerprint density at radius 2 is 1.85 bits per heavy atom. The van der Waals surface area contributed by atoms with Gasteiger partial charge in [0.2, 0.25) is 0 Å². The maximum Gasteiger partial charge on any atom is 0.339 e. The summed E-state index contributed by atoms with van der Waals surface area (Å²) in [5, 5.41) is 20.3. The number of carbonyl (C=O) groups is 2. The molecular weight excluding hydrogens is 353 g/mol. The molecule has 2 aromatic heterocycles. The van der Waals surface area contributed by atoms with Gasteiger partial charge in [0.1, 0.15) is 17.2 Å². The summed E-state index contributed by atoms with van der Waals surface area (Å²) >= 11 is 0. The number of amides is 1. The molecule has 0 saturated carbocycles. The molecule has 27 heavy (non-hydrogen) atoms. The minimum Gasteiger partial charge on any atom is -0.478 e. The van der Waals surface area contributed by atoms with E-state index in [0.29, 0.717) is 17.2 Å². The van der Waals surface area contributed by atoms with Crippen LogP contribution in [0.5, 0.6) is 0 Å². The van der Waals surface area contributed by atoms with Crippen LogP contribution in [-0.4, -0.2) is 36.5 Å². The van der Waals surface area contributed by atoms with Crippen LogP contribution in [0.25, 0.3) is 5.69 Å². The molecule has 0 aliphatic heterocycles. The Balaban J connectivity index is 2.00. The van der Waals surface area contributed by atoms with E-state index in [1.807, 2.05) is 13.8 Å². The van der Waals surface area contributed by atoms with Gasteiger partial charge in [-0.25, -0.2) is 13.9 Å². The Bertz CT molecular complexity index is 1000. The van der Waals surface area contributed by atoms with E-state index in [1.54, 1.807) is 6.07 Å². The van der Waals surface area contributed by atoms with Crippen LogP contribution >= 0.6 is 0 Å². The van der Waals surface area contributed by atoms with E-state index in [-0.39, 0.29) is 23.0 Å². The van der Waals surface area contributed by atoms with Crippen molar-refractivity contribution in [2.75, 3.05) is 5.32 Å². The molecule has 2 N–H and O–H groups in total. The minimum absolute atomic E-state index is 0.0896. The molecule has 0 fully saturated rings. The van der Waals surface area contributed by atoms with Crippen molar-refractivity contribution in [2.45, 2.75) is 19.8 Å². The summed E-state index contributed by atoms with van der Waals surface area (Å²) < 4.78 is 16.0. The van der Waals surface area contributed by atoms with Crippen LogP contribution in [0, 0.1) is 5.82 Å². The average molecular weight is 371 g/mol. The van der Waals surface area contributed by atoms with Crippen LogP contribution in [0.4, 0.5) is 10.2 Å². The van der Waals surface area contributed by atoms with Gasteiger partial charge in [0.05, 0.1) is 11.4 Å². The Kier molecular flexibility index (Phi) is 4.76. The second-order valence-electron chi connectivity index (χ2n) is 6.32. The van der Waals surface area contributed by atoms with E-state index >= 15 is 0 Å². The maximum atomic E-state index is 13.2. The van der Waals surface area contributed by atoms with Crippen LogP contribution < -0.4 is 5.32 Å². The number of carboxylic acid groups (broad SMARTS) is 1. The first kappa shape index (κ1) is 18.3. The number of nitrogens with one attached hydrogen (secondary N) is 1. The number of halogens is 1. The number of carbonyl (C=O) groups excluding carboxylic acids is 1. The summed E-state index contributed by atoms with van der Waals surface area (Å²) in [7, 11) is 1.53. The molecule has 3 rings (SSSR count). The zero-order chi connectivity index (χ0) is 19.7. The molecule has 0 aliphatic rings. The summed E-state index contributed by atoms with van der Waals surface area (Å²) in [5.74, 6) is -1.89. The lowest BCUT2D eigenvalue weighted by molar-refractivity contribution is 0.0692. The number of nitrogens with zero attached hydrogens (tertiary/aromatic N) is 4. The van der Waals surface area contributed by atoms with Crippen molar-refractivity contribution < 1.29 is 19.1 Å². The largest absolute Gasteiger partial charge is 0.478 e. The van der Waals surface area contributed by atoms with Crippen molar-refractivity contribution in [3.05, 3.63) is 59.3 Å². The third-order valence-corrected chi connectivity index (χ3v) is 3.91. The van der Waals surface area contributed by atoms with Crippen molar-refractivity contribution in [1.29, 1.82) is 0 Å². The molecule has 0 aliphatic carbocycles. The van der Waals surface area contributed by atoms with E-state index < -0.39 is 11.9 Å². The lowest BCUT2D eigenvalue weighted by Crippen LogP contribution is -2.18. The van der Waals surface area contributed by atoms with Gasteiger partial charge >= 0.3 is 5.97 Å². The Morgan fingerprint density at radius 3 is 2.44 bits per heavy atom. The van der Waals surface area contributed by atoms with Gasteiger partial charge < -0.3 is 10.4 Å². The number of benzene rings is 1. The Hall–Kier alpha value is -3.49. The SMILES string of the molecule is CC(C)c1cc(NC(=O)c2nn(C)cc2C(=O)O)n(-c2ccc(F)cc2)n1. The number of aromatic nitrogens is 4. The summed E-state index contributed by atoms with van der Waals surface area (Å²) in [4.78, 5) is 23.9. The highest BCUT2D eigenvalue weighted by Crippen LogP contribution is 2.23. The first-order valence-electron chi connectivity index (χ1n) is 8.20. The summed E-state index contributed by atoms with van der Waals surface area (Å²) in [6.45, 7) is 3.90. The molecular formula is C18H18FN5O3. The smallest absolute Gasteiger partial charge is 0.339 e. The van der Waals surface area contributed by atoms with Crippen molar-refractivity contribution >= 4 is 17.7 Å². The summed E-state index contributed by atoms with van der Waals surface area (Å²) in [6.07, 6.45) is 1.26. The van der Waals surface area contributed by atoms with E-state index in [0.717, 1.165) is 0 Å². The van der Waals surface area contributed by atoms with Crippen molar-refractivity contribution in [3.8, 4) is 5.69 Å². The van der Waals surface area contributed by atoms with Crippen LogP contribution in [0.15, 0.2) is 36.5 Å². The maximum absolute atomic E-state index is 13.2. The van der Waals surface area contributed by atoms with Crippen molar-refractivity contribution in [1.82, 2.24) is 19.6 Å². The molecule has 2 heterocycles. The van der Waals surface area contributed by atoms with Gasteiger partial charge in [0, 0.05) is 19.3 Å². The number of carboxylic acids is 1. The predicted octanol–water partition coefficient (Wildman–Crippen LogP) is 2.82. The van der Waals surface area contributed by atoms with Gasteiger partial charge in [0.25, 0.3) is 5.91 Å². The molecule has 0 bridgehead atoms. The number of hydrogen-bond donors (Lipinski definition) is 2. The lowest BCUT2D eigenvalue weighted by atomic mass is 10.1. The normalized spacial score (nSPS) is 11.0. The molecule has 0 unspecified atom stereocenters. The zero-order valence-corrected chi connectivity index (χ0v) is 15.0. The topological polar surface area (TPSA) is 102 Å². The molecule has 8 nitrogen and oxygen atoms in total. The Labute approximate surface area is 154 Å². The number of aryl methyl sites for hydroxylation is 1. The minimum atomic E-state index is -1.25. The van der Waals surface area contributed by atoms with Gasteiger partial charge in [-0.05, 0) is 30.2 Å². The molecule has 0 atom stereocenters. The Morgan fingerprint density at radius 1 is 1.19 bits per heavy atom. The fourth-order valence-electron chi connectivity index (χ4n) is 2.54. The van der Waals surface area contributed by atoms with Gasteiger partial charge in [0.15, 0.2) is 5.69 Å². The second kappa shape index (κ2) is 7.02. The fourth-order valence-corrected chi connectivity index (χ4v) is 2.54. The van der Waals surface area contributed by atoms with Crippen molar-refractivity contribution in [2.24, 2.45) is 7.05 Å². The average Bonchev–Trinajstić information content (AvgIpc) is 3.19. The highest BCUT2D eigenvalue weighted by molar-refractivity contribution is 6.09. The van der Waals surface area contributed by atoms with Gasteiger partial charge in [-0.15, -0.1) is 0 Å². The quantitative estimate of drug-likeness (QED) is 0.718. The number of aromatic carboxylic acids is 1. The highest BCUT2D eigenvalue weighted by atomic mass is 19.1. The second-order valence-corrected chi connectivity index (χ2v) is 6.32. The molecule has 1 amide bonds. The van der Waals surface area contributed by atoms with Crippen LogP contribution in [-0.2, 0) is 7.05 Å². The molecule has 9 heteroatoms. The highest BCUT2D eigenvalue weighted by Gasteiger charge is 2.23. The lowest BCUT2D eigenvalue weighted by Gasteiger charge is -2.08. The van der Waals surface area contributed by atoms with E-state index in [2.05, 4.69) is 15.5 Å².